The maximum atomic E-state index is 13.3. The summed E-state index contributed by atoms with van der Waals surface area (Å²) in [5.74, 6) is 0.155. The summed E-state index contributed by atoms with van der Waals surface area (Å²) in [6, 6.07) is 10.4. The minimum absolute atomic E-state index is 0.0704. The van der Waals surface area contributed by atoms with Crippen molar-refractivity contribution in [3.63, 3.8) is 0 Å². The number of aromatic nitrogens is 3. The molecule has 0 aliphatic rings. The summed E-state index contributed by atoms with van der Waals surface area (Å²) in [5.41, 5.74) is -0.180. The van der Waals surface area contributed by atoms with Crippen LogP contribution in [0.5, 0.6) is 11.6 Å². The zero-order valence-corrected chi connectivity index (χ0v) is 23.0. The molecular weight excluding hydrogens is 628 g/mol. The van der Waals surface area contributed by atoms with Crippen molar-refractivity contribution in [2.24, 2.45) is 5.10 Å². The van der Waals surface area contributed by atoms with Crippen LogP contribution in [-0.2, 0) is 0 Å². The van der Waals surface area contributed by atoms with Gasteiger partial charge in [0.2, 0.25) is 11.6 Å². The average Bonchev–Trinajstić information content (AvgIpc) is 2.89. The van der Waals surface area contributed by atoms with Crippen LogP contribution in [0.15, 0.2) is 67.5 Å². The summed E-state index contributed by atoms with van der Waals surface area (Å²) in [6.07, 6.45) is 3.02. The standard InChI is InChI=1S/C24H18Br2N6O6/c1-3-13(2)23-29-19-6-4-15(25)10-17(19)24(33)30(23)28-11-14-8-18(26)22(20(9-14)32(36)37)38-21-7-5-16(12-27-21)31(34)35/h4-13H,3H2,1-2H3/t13-/m0/s1. The number of halogens is 2. The molecule has 0 N–H and O–H groups in total. The van der Waals surface area contributed by atoms with Crippen LogP contribution < -0.4 is 10.3 Å². The summed E-state index contributed by atoms with van der Waals surface area (Å²) in [4.78, 5) is 43.2. The van der Waals surface area contributed by atoms with E-state index in [1.54, 1.807) is 18.2 Å². The molecule has 0 saturated carbocycles. The van der Waals surface area contributed by atoms with Crippen LogP contribution in [0.25, 0.3) is 10.9 Å². The summed E-state index contributed by atoms with van der Waals surface area (Å²) in [5, 5.41) is 27.4. The van der Waals surface area contributed by atoms with E-state index in [1.807, 2.05) is 13.8 Å². The van der Waals surface area contributed by atoms with Crippen molar-refractivity contribution in [2.75, 3.05) is 0 Å². The second kappa shape index (κ2) is 11.1. The molecule has 0 spiro atoms. The Labute approximate surface area is 231 Å². The molecule has 1 atom stereocenters. The quantitative estimate of drug-likeness (QED) is 0.122. The summed E-state index contributed by atoms with van der Waals surface area (Å²) in [6.45, 7) is 3.90. The van der Waals surface area contributed by atoms with Crippen molar-refractivity contribution in [3.8, 4) is 11.6 Å². The Morgan fingerprint density at radius 3 is 2.53 bits per heavy atom. The van der Waals surface area contributed by atoms with Crippen LogP contribution in [0, 0.1) is 20.2 Å². The van der Waals surface area contributed by atoms with E-state index in [9.17, 15) is 25.0 Å². The highest BCUT2D eigenvalue weighted by Crippen LogP contribution is 2.39. The maximum absolute atomic E-state index is 13.3. The number of benzene rings is 2. The van der Waals surface area contributed by atoms with Crippen molar-refractivity contribution >= 4 is 60.4 Å². The van der Waals surface area contributed by atoms with E-state index in [0.29, 0.717) is 33.2 Å². The Morgan fingerprint density at radius 2 is 1.89 bits per heavy atom. The second-order valence-corrected chi connectivity index (χ2v) is 9.89. The largest absolute Gasteiger partial charge is 0.431 e. The van der Waals surface area contributed by atoms with Crippen LogP contribution in [0.2, 0.25) is 0 Å². The zero-order chi connectivity index (χ0) is 27.6. The number of nitro groups is 2. The average molecular weight is 646 g/mol. The minimum atomic E-state index is -0.644. The minimum Gasteiger partial charge on any atom is -0.431 e. The molecule has 4 aromatic rings. The fourth-order valence-corrected chi connectivity index (χ4v) is 4.37. The SMILES string of the molecule is CC[C@H](C)c1nc2ccc(Br)cc2c(=O)n1N=Cc1cc(Br)c(Oc2ccc([N+](=O)[O-])cn2)c([N+](=O)[O-])c1. The predicted molar refractivity (Wildman–Crippen MR) is 147 cm³/mol. The molecule has 194 valence electrons. The van der Waals surface area contributed by atoms with Crippen LogP contribution in [0.1, 0.15) is 37.6 Å². The number of nitro benzene ring substituents is 1. The van der Waals surface area contributed by atoms with E-state index >= 15 is 0 Å². The molecule has 2 aromatic carbocycles. The van der Waals surface area contributed by atoms with Crippen molar-refractivity contribution in [1.29, 1.82) is 0 Å². The summed E-state index contributed by atoms with van der Waals surface area (Å²) < 4.78 is 7.69. The molecule has 2 aromatic heterocycles. The number of hydrogen-bond donors (Lipinski definition) is 0. The van der Waals surface area contributed by atoms with Gasteiger partial charge < -0.3 is 4.74 Å². The van der Waals surface area contributed by atoms with Gasteiger partial charge in [0.25, 0.3) is 11.2 Å². The molecule has 12 nitrogen and oxygen atoms in total. The van der Waals surface area contributed by atoms with E-state index in [0.717, 1.165) is 6.20 Å². The van der Waals surface area contributed by atoms with Crippen molar-refractivity contribution < 1.29 is 14.6 Å². The smallest absolute Gasteiger partial charge is 0.313 e. The van der Waals surface area contributed by atoms with Crippen LogP contribution in [0.3, 0.4) is 0 Å². The molecule has 0 fully saturated rings. The monoisotopic (exact) mass is 644 g/mol. The highest BCUT2D eigenvalue weighted by molar-refractivity contribution is 9.10. The Morgan fingerprint density at radius 1 is 1.13 bits per heavy atom. The van der Waals surface area contributed by atoms with Crippen LogP contribution >= 0.6 is 31.9 Å². The first-order valence-corrected chi connectivity index (χ1v) is 12.7. The van der Waals surface area contributed by atoms with Crippen LogP contribution in [0.4, 0.5) is 11.4 Å². The van der Waals surface area contributed by atoms with Gasteiger partial charge >= 0.3 is 5.69 Å². The van der Waals surface area contributed by atoms with E-state index < -0.39 is 15.5 Å². The lowest BCUT2D eigenvalue weighted by Crippen LogP contribution is -2.23. The number of pyridine rings is 1. The Balaban J connectivity index is 1.76. The maximum Gasteiger partial charge on any atom is 0.313 e. The fraction of sp³-hybridized carbons (Fsp3) is 0.167. The molecular formula is C24H18Br2N6O6. The lowest BCUT2D eigenvalue weighted by atomic mass is 10.1. The predicted octanol–water partition coefficient (Wildman–Crippen LogP) is 6.32. The van der Waals surface area contributed by atoms with Crippen LogP contribution in [-0.4, -0.2) is 30.7 Å². The third-order valence-corrected chi connectivity index (χ3v) is 6.67. The molecule has 0 unspecified atom stereocenters. The number of fused-ring (bicyclic) bond motifs is 1. The second-order valence-electron chi connectivity index (χ2n) is 8.12. The van der Waals surface area contributed by atoms with Gasteiger partial charge in [0.15, 0.2) is 0 Å². The van der Waals surface area contributed by atoms with Gasteiger partial charge in [-0.15, -0.1) is 0 Å². The normalized spacial score (nSPS) is 12.1. The van der Waals surface area contributed by atoms with Gasteiger partial charge in [-0.05, 0) is 46.6 Å². The third-order valence-electron chi connectivity index (χ3n) is 5.59. The van der Waals surface area contributed by atoms with E-state index in [2.05, 4.69) is 46.9 Å². The Bertz CT molecular complexity index is 1660. The molecule has 0 bridgehead atoms. The van der Waals surface area contributed by atoms with E-state index in [1.165, 1.54) is 35.2 Å². The molecule has 14 heteroatoms. The van der Waals surface area contributed by atoms with Gasteiger partial charge in [-0.2, -0.15) is 9.78 Å². The molecule has 4 rings (SSSR count). The highest BCUT2D eigenvalue weighted by Gasteiger charge is 2.22. The third kappa shape index (κ3) is 5.60. The molecule has 0 saturated heterocycles. The van der Waals surface area contributed by atoms with Crippen molar-refractivity contribution in [3.05, 3.63) is 99.6 Å². The fourth-order valence-electron chi connectivity index (χ4n) is 3.46. The molecule has 2 heterocycles. The summed E-state index contributed by atoms with van der Waals surface area (Å²) in [7, 11) is 0. The number of hydrogen-bond acceptors (Lipinski definition) is 9. The molecule has 0 aliphatic heterocycles. The molecule has 0 aliphatic carbocycles. The number of rotatable bonds is 8. The van der Waals surface area contributed by atoms with Crippen molar-refractivity contribution in [1.82, 2.24) is 14.6 Å². The van der Waals surface area contributed by atoms with Gasteiger partial charge in [0, 0.05) is 34.2 Å². The van der Waals surface area contributed by atoms with Gasteiger partial charge in [-0.3, -0.25) is 25.0 Å². The van der Waals surface area contributed by atoms with Gasteiger partial charge in [-0.25, -0.2) is 9.97 Å². The molecule has 0 amide bonds. The first kappa shape index (κ1) is 27.0. The Hall–Kier alpha value is -4.04. The number of ether oxygens (including phenoxy) is 1. The molecule has 0 radical (unpaired) electrons. The first-order valence-electron chi connectivity index (χ1n) is 11.1. The summed E-state index contributed by atoms with van der Waals surface area (Å²) >= 11 is 6.65. The van der Waals surface area contributed by atoms with Gasteiger partial charge in [-0.1, -0.05) is 29.8 Å². The van der Waals surface area contributed by atoms with Crippen molar-refractivity contribution in [2.45, 2.75) is 26.2 Å². The lowest BCUT2D eigenvalue weighted by molar-refractivity contribution is -0.385. The number of nitrogens with zero attached hydrogens (tertiary/aromatic N) is 6. The first-order chi connectivity index (χ1) is 18.1. The van der Waals surface area contributed by atoms with E-state index in [-0.39, 0.29) is 33.3 Å². The Kier molecular flexibility index (Phi) is 7.92. The molecule has 38 heavy (non-hydrogen) atoms. The van der Waals surface area contributed by atoms with Gasteiger partial charge in [0.1, 0.15) is 12.0 Å². The van der Waals surface area contributed by atoms with Gasteiger partial charge in [0.05, 0.1) is 31.4 Å². The highest BCUT2D eigenvalue weighted by atomic mass is 79.9. The van der Waals surface area contributed by atoms with E-state index in [4.69, 9.17) is 4.74 Å². The zero-order valence-electron chi connectivity index (χ0n) is 19.9. The topological polar surface area (TPSA) is 156 Å². The lowest BCUT2D eigenvalue weighted by Gasteiger charge is -2.14.